The lowest BCUT2D eigenvalue weighted by atomic mass is 10.0. The molecule has 0 spiro atoms. The first-order valence-electron chi connectivity index (χ1n) is 28.9. The molecule has 1 amide bonds. The maximum absolute atomic E-state index is 13.0. The van der Waals surface area contributed by atoms with E-state index in [2.05, 4.69) is 48.7 Å². The number of hydrogen-bond donors (Lipinski definition) is 3. The molecule has 10 heteroatoms. The van der Waals surface area contributed by atoms with Crippen LogP contribution in [0.3, 0.4) is 0 Å². The SMILES string of the molecule is C/C=C/CC/C=C/CC/C=C/CCCC(O)C(O)C(COP(=O)([O-])OCC[N+](C)(C)C)NC(=O)CCCCCCCCCCCCCCCCCCCCCCCCCCCCCCCCCC. The number of unbranched alkanes of at least 4 members (excludes halogenated alkanes) is 34. The van der Waals surface area contributed by atoms with Crippen molar-refractivity contribution in [1.29, 1.82) is 0 Å². The molecule has 0 aliphatic carbocycles. The summed E-state index contributed by atoms with van der Waals surface area (Å²) in [6, 6.07) is -1.10. The molecular weight excluding hydrogens is 868 g/mol. The van der Waals surface area contributed by atoms with Crippen molar-refractivity contribution in [3.05, 3.63) is 36.5 Å². The van der Waals surface area contributed by atoms with Gasteiger partial charge in [0, 0.05) is 6.42 Å². The summed E-state index contributed by atoms with van der Waals surface area (Å²) >= 11 is 0. The number of aliphatic hydroxyl groups is 2. The third-order valence-corrected chi connectivity index (χ3v) is 14.2. The molecule has 0 aliphatic heterocycles. The van der Waals surface area contributed by atoms with E-state index in [1.165, 1.54) is 186 Å². The first kappa shape index (κ1) is 66.7. The predicted molar refractivity (Wildman–Crippen MR) is 290 cm³/mol. The molecule has 4 atom stereocenters. The summed E-state index contributed by atoms with van der Waals surface area (Å²) in [5.41, 5.74) is 0. The number of hydrogen-bond acceptors (Lipinski definition) is 7. The highest BCUT2D eigenvalue weighted by atomic mass is 31.2. The number of rotatable bonds is 53. The summed E-state index contributed by atoms with van der Waals surface area (Å²) in [4.78, 5) is 25.5. The zero-order valence-corrected chi connectivity index (χ0v) is 46.3. The highest BCUT2D eigenvalue weighted by Crippen LogP contribution is 2.38. The van der Waals surface area contributed by atoms with Crippen molar-refractivity contribution in [2.45, 2.75) is 289 Å². The molecule has 402 valence electrons. The minimum absolute atomic E-state index is 0.0491. The van der Waals surface area contributed by atoms with Crippen LogP contribution in [-0.2, 0) is 18.4 Å². The summed E-state index contributed by atoms with van der Waals surface area (Å²) in [6.07, 6.45) is 59.7. The molecule has 0 bridgehead atoms. The lowest BCUT2D eigenvalue weighted by Crippen LogP contribution is -2.51. The summed E-state index contributed by atoms with van der Waals surface area (Å²) in [7, 11) is 1.10. The van der Waals surface area contributed by atoms with Gasteiger partial charge in [-0.3, -0.25) is 9.36 Å². The van der Waals surface area contributed by atoms with Gasteiger partial charge < -0.3 is 34.0 Å². The third kappa shape index (κ3) is 49.7. The Morgan fingerprint density at radius 1 is 0.544 bits per heavy atom. The second-order valence-corrected chi connectivity index (χ2v) is 22.5. The van der Waals surface area contributed by atoms with Crippen molar-refractivity contribution >= 4 is 13.7 Å². The van der Waals surface area contributed by atoms with Crippen LogP contribution in [0.25, 0.3) is 0 Å². The predicted octanol–water partition coefficient (Wildman–Crippen LogP) is 15.7. The fourth-order valence-electron chi connectivity index (χ4n) is 8.71. The molecule has 68 heavy (non-hydrogen) atoms. The summed E-state index contributed by atoms with van der Waals surface area (Å²) in [6.45, 7) is 4.22. The Hall–Kier alpha value is -1.32. The number of amides is 1. The highest BCUT2D eigenvalue weighted by Gasteiger charge is 2.29. The number of nitrogens with zero attached hydrogens (tertiary/aromatic N) is 1. The lowest BCUT2D eigenvalue weighted by Gasteiger charge is -2.31. The molecule has 0 radical (unpaired) electrons. The van der Waals surface area contributed by atoms with E-state index in [0.717, 1.165) is 44.9 Å². The average molecular weight is 982 g/mol. The first-order chi connectivity index (χ1) is 32.9. The quantitative estimate of drug-likeness (QED) is 0.0240. The van der Waals surface area contributed by atoms with E-state index in [-0.39, 0.29) is 18.9 Å². The molecule has 0 rings (SSSR count). The number of aliphatic hydroxyl groups excluding tert-OH is 2. The molecule has 3 N–H and O–H groups in total. The van der Waals surface area contributed by atoms with Gasteiger partial charge in [0.15, 0.2) is 0 Å². The Labute approximate surface area is 421 Å². The first-order valence-corrected chi connectivity index (χ1v) is 30.3. The summed E-state index contributed by atoms with van der Waals surface area (Å²) in [5.74, 6) is -0.291. The molecular formula is C58H113N2O7P. The molecule has 4 unspecified atom stereocenters. The van der Waals surface area contributed by atoms with E-state index in [1.807, 2.05) is 28.1 Å². The van der Waals surface area contributed by atoms with Crippen LogP contribution in [0, 0.1) is 0 Å². The molecule has 0 saturated heterocycles. The van der Waals surface area contributed by atoms with Crippen LogP contribution in [0.2, 0.25) is 0 Å². The largest absolute Gasteiger partial charge is 0.756 e. The van der Waals surface area contributed by atoms with E-state index in [9.17, 15) is 24.5 Å². The minimum Gasteiger partial charge on any atom is -0.756 e. The Morgan fingerprint density at radius 3 is 1.26 bits per heavy atom. The normalized spacial score (nSPS) is 14.6. The van der Waals surface area contributed by atoms with Gasteiger partial charge in [0.25, 0.3) is 7.82 Å². The van der Waals surface area contributed by atoms with Crippen molar-refractivity contribution in [2.24, 2.45) is 0 Å². The van der Waals surface area contributed by atoms with Gasteiger partial charge in [-0.2, -0.15) is 0 Å². The standard InChI is InChI=1S/C58H113N2O7P/c1-6-8-10-12-14-16-18-20-21-22-23-24-25-26-27-28-29-30-31-32-33-34-35-36-37-38-39-41-43-45-47-49-51-57(62)59-55(54-67-68(64,65)66-53-52-60(3,4)5)58(63)56(61)50-48-46-44-42-40-19-17-15-13-11-9-7-2/h7,9,15,17,42,44,55-56,58,61,63H,6,8,10-14,16,18-41,43,45-54H2,1-5H3,(H-,59,62,64,65)/b9-7+,17-15+,44-42+. The fourth-order valence-corrected chi connectivity index (χ4v) is 9.43. The molecule has 9 nitrogen and oxygen atoms in total. The van der Waals surface area contributed by atoms with Crippen molar-refractivity contribution in [1.82, 2.24) is 5.32 Å². The van der Waals surface area contributed by atoms with Crippen molar-refractivity contribution in [3.8, 4) is 0 Å². The Bertz CT molecular complexity index is 1220. The number of carbonyl (C=O) groups is 1. The van der Waals surface area contributed by atoms with Crippen LogP contribution >= 0.6 is 7.82 Å². The second-order valence-electron chi connectivity index (χ2n) is 21.1. The van der Waals surface area contributed by atoms with Crippen LogP contribution < -0.4 is 10.2 Å². The van der Waals surface area contributed by atoms with Crippen LogP contribution in [0.5, 0.6) is 0 Å². The second kappa shape index (κ2) is 49.3. The molecule has 0 heterocycles. The van der Waals surface area contributed by atoms with Gasteiger partial charge in [0.1, 0.15) is 19.3 Å². The van der Waals surface area contributed by atoms with Gasteiger partial charge in [0.2, 0.25) is 5.91 Å². The summed E-state index contributed by atoms with van der Waals surface area (Å²) < 4.78 is 23.2. The van der Waals surface area contributed by atoms with Crippen LogP contribution in [0.15, 0.2) is 36.5 Å². The summed E-state index contributed by atoms with van der Waals surface area (Å²) in [5, 5.41) is 24.7. The maximum Gasteiger partial charge on any atom is 0.268 e. The number of likely N-dealkylation sites (N-methyl/N-ethyl adjacent to an activating group) is 1. The van der Waals surface area contributed by atoms with Gasteiger partial charge in [0.05, 0.1) is 39.9 Å². The topological polar surface area (TPSA) is 128 Å². The van der Waals surface area contributed by atoms with Crippen LogP contribution in [-0.4, -0.2) is 79.8 Å². The smallest absolute Gasteiger partial charge is 0.268 e. The number of phosphoric ester groups is 1. The minimum atomic E-state index is -4.68. The Morgan fingerprint density at radius 2 is 0.897 bits per heavy atom. The molecule has 0 fully saturated rings. The highest BCUT2D eigenvalue weighted by molar-refractivity contribution is 7.45. The molecule has 0 aliphatic rings. The van der Waals surface area contributed by atoms with E-state index in [1.54, 1.807) is 0 Å². The number of phosphoric acid groups is 1. The van der Waals surface area contributed by atoms with Gasteiger partial charge in [-0.1, -0.05) is 242 Å². The van der Waals surface area contributed by atoms with Crippen molar-refractivity contribution in [3.63, 3.8) is 0 Å². The average Bonchev–Trinajstić information content (AvgIpc) is 3.30. The zero-order valence-electron chi connectivity index (χ0n) is 45.4. The Kier molecular flexibility index (Phi) is 48.3. The van der Waals surface area contributed by atoms with E-state index < -0.39 is 32.7 Å². The van der Waals surface area contributed by atoms with Crippen molar-refractivity contribution in [2.75, 3.05) is 40.9 Å². The van der Waals surface area contributed by atoms with Crippen LogP contribution in [0.4, 0.5) is 0 Å². The van der Waals surface area contributed by atoms with Gasteiger partial charge in [-0.15, -0.1) is 0 Å². The molecule has 0 aromatic heterocycles. The van der Waals surface area contributed by atoms with E-state index in [4.69, 9.17) is 9.05 Å². The van der Waals surface area contributed by atoms with Gasteiger partial charge in [-0.05, 0) is 58.3 Å². The van der Waals surface area contributed by atoms with Crippen LogP contribution in [0.1, 0.15) is 271 Å². The van der Waals surface area contributed by atoms with E-state index >= 15 is 0 Å². The van der Waals surface area contributed by atoms with E-state index in [0.29, 0.717) is 30.3 Å². The molecule has 0 aromatic carbocycles. The Balaban J connectivity index is 4.06. The molecule has 0 aromatic rings. The lowest BCUT2D eigenvalue weighted by molar-refractivity contribution is -0.870. The number of quaternary nitrogens is 1. The number of carbonyl (C=O) groups excluding carboxylic acids is 1. The monoisotopic (exact) mass is 981 g/mol. The van der Waals surface area contributed by atoms with Crippen molar-refractivity contribution < 1.29 is 38.0 Å². The third-order valence-electron chi connectivity index (χ3n) is 13.3. The zero-order chi connectivity index (χ0) is 50.1. The number of allylic oxidation sites excluding steroid dienone is 6. The van der Waals surface area contributed by atoms with Gasteiger partial charge in [-0.25, -0.2) is 0 Å². The number of nitrogens with one attached hydrogen (secondary N) is 1. The van der Waals surface area contributed by atoms with Gasteiger partial charge >= 0.3 is 0 Å². The fraction of sp³-hybridized carbons (Fsp3) is 0.879. The molecule has 0 saturated carbocycles. The maximum atomic E-state index is 13.0.